The molecule has 1 aromatic heterocycles. The van der Waals surface area contributed by atoms with Crippen LogP contribution in [0.4, 0.5) is 0 Å². The Hall–Kier alpha value is -1.66. The Kier molecular flexibility index (Phi) is 4.80. The van der Waals surface area contributed by atoms with Gasteiger partial charge in [-0.1, -0.05) is 15.9 Å². The molecule has 0 spiro atoms. The zero-order chi connectivity index (χ0) is 15.6. The predicted octanol–water partition coefficient (Wildman–Crippen LogP) is 2.33. The van der Waals surface area contributed by atoms with Crippen molar-refractivity contribution >= 4 is 32.8 Å². The molecule has 0 aliphatic carbocycles. The second-order valence-corrected chi connectivity index (χ2v) is 5.97. The fourth-order valence-electron chi connectivity index (χ4n) is 2.09. The van der Waals surface area contributed by atoms with Crippen LogP contribution in [0.5, 0.6) is 0 Å². The number of halogens is 1. The highest BCUT2D eigenvalue weighted by Crippen LogP contribution is 2.23. The number of benzene rings is 1. The number of nitrogens with one attached hydrogen (secondary N) is 1. The van der Waals surface area contributed by atoms with Gasteiger partial charge < -0.3 is 15.5 Å². The van der Waals surface area contributed by atoms with Crippen molar-refractivity contribution < 1.29 is 9.21 Å². The number of aryl methyl sites for hydroxylation is 1. The Morgan fingerprint density at radius 3 is 2.86 bits per heavy atom. The number of fused-ring (bicyclic) bond motifs is 1. The van der Waals surface area contributed by atoms with Gasteiger partial charge >= 0.3 is 5.63 Å². The van der Waals surface area contributed by atoms with Crippen molar-refractivity contribution in [2.24, 2.45) is 5.73 Å². The van der Waals surface area contributed by atoms with E-state index in [-0.39, 0.29) is 11.6 Å². The van der Waals surface area contributed by atoms with Gasteiger partial charge in [0.2, 0.25) is 0 Å². The van der Waals surface area contributed by atoms with E-state index in [1.54, 1.807) is 19.1 Å². The molecular weight excluding hydrogens is 336 g/mol. The summed E-state index contributed by atoms with van der Waals surface area (Å²) in [6.07, 6.45) is 0.648. The summed E-state index contributed by atoms with van der Waals surface area (Å²) in [5.41, 5.74) is 6.13. The first kappa shape index (κ1) is 15.7. The molecule has 1 amide bonds. The standard InChI is InChI=1S/C15H17BrN2O3/c1-8(17)5-6-18-14(19)13-9(2)11-7-10(16)3-4-12(11)21-15(13)20/h3-4,7-8H,5-6,17H2,1-2H3,(H,18,19). The van der Waals surface area contributed by atoms with Crippen molar-refractivity contribution in [2.45, 2.75) is 26.3 Å². The van der Waals surface area contributed by atoms with Crippen LogP contribution < -0.4 is 16.7 Å². The van der Waals surface area contributed by atoms with Gasteiger partial charge in [-0.05, 0) is 44.0 Å². The molecular formula is C15H17BrN2O3. The first-order valence-corrected chi connectivity index (χ1v) is 7.46. The summed E-state index contributed by atoms with van der Waals surface area (Å²) in [5, 5.41) is 3.44. The van der Waals surface area contributed by atoms with Crippen LogP contribution in [0.2, 0.25) is 0 Å². The predicted molar refractivity (Wildman–Crippen MR) is 85.5 cm³/mol. The molecule has 2 aromatic rings. The van der Waals surface area contributed by atoms with Gasteiger partial charge in [-0.3, -0.25) is 4.79 Å². The van der Waals surface area contributed by atoms with E-state index in [1.807, 2.05) is 13.0 Å². The van der Waals surface area contributed by atoms with Gasteiger partial charge in [0.1, 0.15) is 11.1 Å². The second-order valence-electron chi connectivity index (χ2n) is 5.05. The van der Waals surface area contributed by atoms with Crippen molar-refractivity contribution in [1.82, 2.24) is 5.32 Å². The van der Waals surface area contributed by atoms with E-state index in [2.05, 4.69) is 21.2 Å². The zero-order valence-corrected chi connectivity index (χ0v) is 13.5. The maximum absolute atomic E-state index is 12.2. The van der Waals surface area contributed by atoms with Crippen LogP contribution in [0.3, 0.4) is 0 Å². The minimum Gasteiger partial charge on any atom is -0.422 e. The number of rotatable bonds is 4. The van der Waals surface area contributed by atoms with Crippen molar-refractivity contribution in [2.75, 3.05) is 6.54 Å². The topological polar surface area (TPSA) is 85.3 Å². The van der Waals surface area contributed by atoms with Crippen molar-refractivity contribution in [3.63, 3.8) is 0 Å². The Bertz CT molecular complexity index is 738. The maximum atomic E-state index is 12.2. The third-order valence-corrected chi connectivity index (χ3v) is 3.73. The number of hydrogen-bond donors (Lipinski definition) is 2. The molecule has 0 bridgehead atoms. The molecule has 6 heteroatoms. The Balaban J connectivity index is 2.39. The molecule has 1 atom stereocenters. The molecule has 0 saturated heterocycles. The highest BCUT2D eigenvalue weighted by atomic mass is 79.9. The normalized spacial score (nSPS) is 12.4. The van der Waals surface area contributed by atoms with Gasteiger partial charge in [0, 0.05) is 22.4 Å². The lowest BCUT2D eigenvalue weighted by Gasteiger charge is -2.10. The fraction of sp³-hybridized carbons (Fsp3) is 0.333. The first-order valence-electron chi connectivity index (χ1n) is 6.67. The van der Waals surface area contributed by atoms with E-state index in [0.717, 1.165) is 9.86 Å². The third-order valence-electron chi connectivity index (χ3n) is 3.24. The highest BCUT2D eigenvalue weighted by Gasteiger charge is 2.18. The van der Waals surface area contributed by atoms with E-state index in [9.17, 15) is 9.59 Å². The molecule has 0 aliphatic heterocycles. The molecule has 0 fully saturated rings. The van der Waals surface area contributed by atoms with Gasteiger partial charge in [0.05, 0.1) is 0 Å². The van der Waals surface area contributed by atoms with Crippen LogP contribution >= 0.6 is 15.9 Å². The van der Waals surface area contributed by atoms with E-state index in [0.29, 0.717) is 24.1 Å². The molecule has 1 unspecified atom stereocenters. The quantitative estimate of drug-likeness (QED) is 0.827. The van der Waals surface area contributed by atoms with Crippen LogP contribution in [0.25, 0.3) is 11.0 Å². The molecule has 112 valence electrons. The summed E-state index contributed by atoms with van der Waals surface area (Å²) in [4.78, 5) is 24.2. The maximum Gasteiger partial charge on any atom is 0.349 e. The summed E-state index contributed by atoms with van der Waals surface area (Å²) >= 11 is 3.37. The lowest BCUT2D eigenvalue weighted by molar-refractivity contribution is 0.0948. The van der Waals surface area contributed by atoms with E-state index >= 15 is 0 Å². The SMILES string of the molecule is Cc1c(C(=O)NCCC(C)N)c(=O)oc2ccc(Br)cc12. The van der Waals surface area contributed by atoms with Gasteiger partial charge in [-0.25, -0.2) is 4.79 Å². The van der Waals surface area contributed by atoms with Gasteiger partial charge in [0.25, 0.3) is 5.91 Å². The minimum atomic E-state index is -0.624. The summed E-state index contributed by atoms with van der Waals surface area (Å²) in [6.45, 7) is 4.03. The molecule has 3 N–H and O–H groups in total. The van der Waals surface area contributed by atoms with E-state index in [1.165, 1.54) is 0 Å². The number of hydrogen-bond acceptors (Lipinski definition) is 4. The fourth-order valence-corrected chi connectivity index (χ4v) is 2.45. The zero-order valence-electron chi connectivity index (χ0n) is 11.9. The van der Waals surface area contributed by atoms with Crippen molar-refractivity contribution in [3.05, 3.63) is 44.2 Å². The van der Waals surface area contributed by atoms with E-state index in [4.69, 9.17) is 10.2 Å². The van der Waals surface area contributed by atoms with Crippen LogP contribution in [0.15, 0.2) is 31.9 Å². The summed E-state index contributed by atoms with van der Waals surface area (Å²) in [5.74, 6) is -0.427. The van der Waals surface area contributed by atoms with Crippen LogP contribution in [0, 0.1) is 6.92 Å². The van der Waals surface area contributed by atoms with Crippen molar-refractivity contribution in [3.8, 4) is 0 Å². The smallest absolute Gasteiger partial charge is 0.349 e. The molecule has 21 heavy (non-hydrogen) atoms. The lowest BCUT2D eigenvalue weighted by atomic mass is 10.1. The second kappa shape index (κ2) is 6.41. The molecule has 0 saturated carbocycles. The van der Waals surface area contributed by atoms with Gasteiger partial charge in [-0.15, -0.1) is 0 Å². The molecule has 1 aromatic carbocycles. The van der Waals surface area contributed by atoms with Crippen LogP contribution in [-0.4, -0.2) is 18.5 Å². The summed E-state index contributed by atoms with van der Waals surface area (Å²) in [6, 6.07) is 5.31. The van der Waals surface area contributed by atoms with E-state index < -0.39 is 11.5 Å². The molecule has 1 heterocycles. The third kappa shape index (κ3) is 3.51. The monoisotopic (exact) mass is 352 g/mol. The summed E-state index contributed by atoms with van der Waals surface area (Å²) < 4.78 is 6.07. The minimum absolute atomic E-state index is 0.00429. The molecule has 5 nitrogen and oxygen atoms in total. The van der Waals surface area contributed by atoms with Gasteiger partial charge in [0.15, 0.2) is 0 Å². The Labute approximate surface area is 130 Å². The number of nitrogens with two attached hydrogens (primary N) is 1. The van der Waals surface area contributed by atoms with Crippen LogP contribution in [-0.2, 0) is 0 Å². The lowest BCUT2D eigenvalue weighted by Crippen LogP contribution is -2.32. The van der Waals surface area contributed by atoms with Crippen molar-refractivity contribution in [1.29, 1.82) is 0 Å². The Morgan fingerprint density at radius 1 is 1.48 bits per heavy atom. The number of carbonyl (C=O) groups excluding carboxylic acids is 1. The highest BCUT2D eigenvalue weighted by molar-refractivity contribution is 9.10. The average molecular weight is 353 g/mol. The average Bonchev–Trinajstić information content (AvgIpc) is 2.39. The number of amides is 1. The first-order chi connectivity index (χ1) is 9.90. The molecule has 0 radical (unpaired) electrons. The molecule has 2 rings (SSSR count). The van der Waals surface area contributed by atoms with Gasteiger partial charge in [-0.2, -0.15) is 0 Å². The largest absolute Gasteiger partial charge is 0.422 e. The number of carbonyl (C=O) groups is 1. The van der Waals surface area contributed by atoms with Crippen LogP contribution in [0.1, 0.15) is 29.3 Å². The summed E-state index contributed by atoms with van der Waals surface area (Å²) in [7, 11) is 0. The Morgan fingerprint density at radius 2 is 2.19 bits per heavy atom. The molecule has 0 aliphatic rings.